The Morgan fingerprint density at radius 2 is 1.73 bits per heavy atom. The van der Waals surface area contributed by atoms with Gasteiger partial charge in [0, 0.05) is 0 Å². The van der Waals surface area contributed by atoms with Crippen molar-refractivity contribution in [3.8, 4) is 22.6 Å². The SMILES string of the molecule is COc1ccc(-c2ccc3c(c2)CCC(C)(C)C3NC(=O)O)cc1OC. The van der Waals surface area contributed by atoms with Crippen LogP contribution >= 0.6 is 0 Å². The third-order valence-electron chi connectivity index (χ3n) is 5.26. The van der Waals surface area contributed by atoms with Gasteiger partial charge in [-0.05, 0) is 52.6 Å². The van der Waals surface area contributed by atoms with Gasteiger partial charge in [-0.25, -0.2) is 4.79 Å². The van der Waals surface area contributed by atoms with E-state index in [9.17, 15) is 9.90 Å². The number of aryl methyl sites for hydroxylation is 1. The molecule has 0 saturated carbocycles. The van der Waals surface area contributed by atoms with Crippen molar-refractivity contribution in [1.29, 1.82) is 0 Å². The van der Waals surface area contributed by atoms with Gasteiger partial charge in [0.25, 0.3) is 0 Å². The fourth-order valence-corrected chi connectivity index (χ4v) is 3.72. The molecular weight excluding hydrogens is 330 g/mol. The highest BCUT2D eigenvalue weighted by Gasteiger charge is 2.37. The van der Waals surface area contributed by atoms with Gasteiger partial charge in [0.2, 0.25) is 0 Å². The molecule has 26 heavy (non-hydrogen) atoms. The van der Waals surface area contributed by atoms with Gasteiger partial charge < -0.3 is 19.9 Å². The van der Waals surface area contributed by atoms with Crippen LogP contribution in [0.15, 0.2) is 36.4 Å². The molecule has 1 amide bonds. The zero-order chi connectivity index (χ0) is 18.9. The van der Waals surface area contributed by atoms with E-state index in [1.54, 1.807) is 14.2 Å². The Morgan fingerprint density at radius 3 is 2.38 bits per heavy atom. The topological polar surface area (TPSA) is 67.8 Å². The molecule has 0 radical (unpaired) electrons. The molecule has 1 aliphatic carbocycles. The maximum absolute atomic E-state index is 11.2. The number of ether oxygens (including phenoxy) is 2. The average Bonchev–Trinajstić information content (AvgIpc) is 2.63. The van der Waals surface area contributed by atoms with Crippen LogP contribution in [0.25, 0.3) is 11.1 Å². The lowest BCUT2D eigenvalue weighted by molar-refractivity contribution is 0.161. The number of methoxy groups -OCH3 is 2. The van der Waals surface area contributed by atoms with Crippen molar-refractivity contribution in [1.82, 2.24) is 5.32 Å². The lowest BCUT2D eigenvalue weighted by Gasteiger charge is -2.40. The van der Waals surface area contributed by atoms with Gasteiger partial charge in [-0.3, -0.25) is 0 Å². The number of nitrogens with one attached hydrogen (secondary N) is 1. The van der Waals surface area contributed by atoms with Gasteiger partial charge in [0.1, 0.15) is 0 Å². The standard InChI is InChI=1S/C21H25NO4/c1-21(2)10-9-15-11-13(5-7-16(15)19(21)22-20(23)24)14-6-8-17(25-3)18(12-14)26-4/h5-8,11-12,19,22H,9-10H2,1-4H3,(H,23,24). The van der Waals surface area contributed by atoms with Crippen LogP contribution in [0.2, 0.25) is 0 Å². The highest BCUT2D eigenvalue weighted by atomic mass is 16.5. The smallest absolute Gasteiger partial charge is 0.405 e. The second-order valence-corrected chi connectivity index (χ2v) is 7.35. The van der Waals surface area contributed by atoms with Gasteiger partial charge >= 0.3 is 6.09 Å². The fourth-order valence-electron chi connectivity index (χ4n) is 3.72. The van der Waals surface area contributed by atoms with E-state index in [-0.39, 0.29) is 11.5 Å². The highest BCUT2D eigenvalue weighted by molar-refractivity contribution is 5.70. The lowest BCUT2D eigenvalue weighted by Crippen LogP contribution is -2.40. The Morgan fingerprint density at radius 1 is 1.08 bits per heavy atom. The fraction of sp³-hybridized carbons (Fsp3) is 0.381. The summed E-state index contributed by atoms with van der Waals surface area (Å²) >= 11 is 0. The molecule has 2 N–H and O–H groups in total. The largest absolute Gasteiger partial charge is 0.493 e. The van der Waals surface area contributed by atoms with Crippen molar-refractivity contribution in [3.05, 3.63) is 47.5 Å². The van der Waals surface area contributed by atoms with E-state index < -0.39 is 6.09 Å². The molecule has 0 spiro atoms. The van der Waals surface area contributed by atoms with Crippen LogP contribution in [-0.2, 0) is 6.42 Å². The molecule has 1 aliphatic rings. The summed E-state index contributed by atoms with van der Waals surface area (Å²) in [5.41, 5.74) is 4.26. The third kappa shape index (κ3) is 3.34. The van der Waals surface area contributed by atoms with Crippen molar-refractivity contribution >= 4 is 6.09 Å². The van der Waals surface area contributed by atoms with Crippen LogP contribution in [0.1, 0.15) is 37.4 Å². The molecular formula is C21H25NO4. The Bertz CT molecular complexity index is 829. The summed E-state index contributed by atoms with van der Waals surface area (Å²) in [4.78, 5) is 11.2. The van der Waals surface area contributed by atoms with Crippen LogP contribution < -0.4 is 14.8 Å². The van der Waals surface area contributed by atoms with Gasteiger partial charge in [0.05, 0.1) is 20.3 Å². The normalized spacial score (nSPS) is 17.9. The molecule has 0 aliphatic heterocycles. The summed E-state index contributed by atoms with van der Waals surface area (Å²) in [7, 11) is 3.24. The van der Waals surface area contributed by atoms with E-state index in [1.165, 1.54) is 5.56 Å². The molecule has 0 bridgehead atoms. The van der Waals surface area contributed by atoms with E-state index in [0.717, 1.165) is 29.5 Å². The van der Waals surface area contributed by atoms with Gasteiger partial charge in [0.15, 0.2) is 11.5 Å². The van der Waals surface area contributed by atoms with Crippen LogP contribution in [0.4, 0.5) is 4.79 Å². The van der Waals surface area contributed by atoms with E-state index in [0.29, 0.717) is 11.5 Å². The minimum Gasteiger partial charge on any atom is -0.493 e. The molecule has 5 heteroatoms. The van der Waals surface area contributed by atoms with Gasteiger partial charge in [-0.1, -0.05) is 38.1 Å². The quantitative estimate of drug-likeness (QED) is 0.837. The van der Waals surface area contributed by atoms with E-state index in [2.05, 4.69) is 25.2 Å². The third-order valence-corrected chi connectivity index (χ3v) is 5.26. The first-order valence-electron chi connectivity index (χ1n) is 8.70. The summed E-state index contributed by atoms with van der Waals surface area (Å²) < 4.78 is 10.7. The van der Waals surface area contributed by atoms with E-state index in [4.69, 9.17) is 9.47 Å². The molecule has 0 aromatic heterocycles. The summed E-state index contributed by atoms with van der Waals surface area (Å²) in [6, 6.07) is 11.9. The number of carbonyl (C=O) groups is 1. The summed E-state index contributed by atoms with van der Waals surface area (Å²) in [6.07, 6.45) is 0.876. The summed E-state index contributed by atoms with van der Waals surface area (Å²) in [5.74, 6) is 1.39. The minimum atomic E-state index is -0.986. The van der Waals surface area contributed by atoms with Crippen LogP contribution in [0, 0.1) is 5.41 Å². The van der Waals surface area contributed by atoms with Crippen LogP contribution in [-0.4, -0.2) is 25.4 Å². The first-order valence-corrected chi connectivity index (χ1v) is 8.70. The summed E-state index contributed by atoms with van der Waals surface area (Å²) in [6.45, 7) is 4.22. The minimum absolute atomic E-state index is 0.115. The second kappa shape index (κ2) is 6.90. The molecule has 3 rings (SSSR count). The number of benzene rings is 2. The van der Waals surface area contributed by atoms with E-state index >= 15 is 0 Å². The Labute approximate surface area is 153 Å². The first kappa shape index (κ1) is 18.1. The van der Waals surface area contributed by atoms with Gasteiger partial charge in [-0.2, -0.15) is 0 Å². The Hall–Kier alpha value is -2.69. The average molecular weight is 355 g/mol. The lowest BCUT2D eigenvalue weighted by atomic mass is 9.70. The number of hydrogen-bond acceptors (Lipinski definition) is 3. The van der Waals surface area contributed by atoms with Crippen molar-refractivity contribution in [2.24, 2.45) is 5.41 Å². The molecule has 0 heterocycles. The highest BCUT2D eigenvalue weighted by Crippen LogP contribution is 2.44. The van der Waals surface area contributed by atoms with Crippen molar-refractivity contribution < 1.29 is 19.4 Å². The summed E-state index contributed by atoms with van der Waals surface area (Å²) in [5, 5.41) is 11.9. The predicted molar refractivity (Wildman–Crippen MR) is 101 cm³/mol. The van der Waals surface area contributed by atoms with Crippen molar-refractivity contribution in [2.45, 2.75) is 32.7 Å². The number of amides is 1. The molecule has 1 atom stereocenters. The number of fused-ring (bicyclic) bond motifs is 1. The van der Waals surface area contributed by atoms with Gasteiger partial charge in [-0.15, -0.1) is 0 Å². The zero-order valence-corrected chi connectivity index (χ0v) is 15.6. The number of carboxylic acid groups (broad SMARTS) is 1. The van der Waals surface area contributed by atoms with E-state index in [1.807, 2.05) is 30.3 Å². The number of rotatable bonds is 4. The number of hydrogen-bond donors (Lipinski definition) is 2. The molecule has 5 nitrogen and oxygen atoms in total. The predicted octanol–water partition coefficient (Wildman–Crippen LogP) is 4.65. The van der Waals surface area contributed by atoms with Crippen LogP contribution in [0.3, 0.4) is 0 Å². The molecule has 0 fully saturated rings. The molecule has 2 aromatic rings. The first-order chi connectivity index (χ1) is 12.4. The van der Waals surface area contributed by atoms with Crippen molar-refractivity contribution in [3.63, 3.8) is 0 Å². The molecule has 138 valence electrons. The Balaban J connectivity index is 2.00. The monoisotopic (exact) mass is 355 g/mol. The maximum atomic E-state index is 11.2. The maximum Gasteiger partial charge on any atom is 0.405 e. The second-order valence-electron chi connectivity index (χ2n) is 7.35. The van der Waals surface area contributed by atoms with Crippen LogP contribution in [0.5, 0.6) is 11.5 Å². The molecule has 1 unspecified atom stereocenters. The molecule has 2 aromatic carbocycles. The zero-order valence-electron chi connectivity index (χ0n) is 15.6. The van der Waals surface area contributed by atoms with Crippen molar-refractivity contribution in [2.75, 3.05) is 14.2 Å². The Kier molecular flexibility index (Phi) is 4.81. The molecule has 0 saturated heterocycles.